The first kappa shape index (κ1) is 18.3. The van der Waals surface area contributed by atoms with Gasteiger partial charge in [0.2, 0.25) is 5.91 Å². The normalized spacial score (nSPS) is 10.5. The highest BCUT2D eigenvalue weighted by Crippen LogP contribution is 2.08. The van der Waals surface area contributed by atoms with E-state index in [1.54, 1.807) is 29.7 Å². The summed E-state index contributed by atoms with van der Waals surface area (Å²) in [5, 5.41) is 12.2. The maximum absolute atomic E-state index is 12.6. The lowest BCUT2D eigenvalue weighted by Gasteiger charge is -2.11. The Morgan fingerprint density at radius 3 is 2.67 bits per heavy atom. The molecule has 0 bridgehead atoms. The third-order valence-electron chi connectivity index (χ3n) is 4.41. The summed E-state index contributed by atoms with van der Waals surface area (Å²) >= 11 is 0. The Morgan fingerprint density at radius 1 is 1.19 bits per heavy atom. The molecule has 0 saturated carbocycles. The Kier molecular flexibility index (Phi) is 5.62. The van der Waals surface area contributed by atoms with E-state index in [9.17, 15) is 9.59 Å². The van der Waals surface area contributed by atoms with Crippen molar-refractivity contribution in [1.82, 2.24) is 14.9 Å². The number of carbonyl (C=O) groups excluding carboxylic acids is 1. The monoisotopic (exact) mass is 360 g/mol. The second kappa shape index (κ2) is 8.28. The Hall–Kier alpha value is -3.46. The van der Waals surface area contributed by atoms with E-state index >= 15 is 0 Å². The van der Waals surface area contributed by atoms with Gasteiger partial charge in [-0.25, -0.2) is 4.98 Å². The molecule has 0 aliphatic carbocycles. The highest BCUT2D eigenvalue weighted by molar-refractivity contribution is 5.77. The van der Waals surface area contributed by atoms with Gasteiger partial charge in [-0.05, 0) is 43.2 Å². The summed E-state index contributed by atoms with van der Waals surface area (Å²) in [6.45, 7) is 2.67. The second-order valence-corrected chi connectivity index (χ2v) is 6.32. The molecule has 1 heterocycles. The lowest BCUT2D eigenvalue weighted by Crippen LogP contribution is -2.26. The van der Waals surface area contributed by atoms with E-state index in [1.807, 2.05) is 30.3 Å². The molecule has 3 rings (SSSR count). The maximum atomic E-state index is 12.6. The summed E-state index contributed by atoms with van der Waals surface area (Å²) in [4.78, 5) is 29.1. The predicted octanol–water partition coefficient (Wildman–Crippen LogP) is 2.67. The van der Waals surface area contributed by atoms with Crippen LogP contribution in [0.4, 0.5) is 0 Å². The van der Waals surface area contributed by atoms with Crippen molar-refractivity contribution in [2.24, 2.45) is 0 Å². The number of aromatic nitrogens is 2. The minimum absolute atomic E-state index is 0.0705. The number of fused-ring (bicyclic) bond motifs is 1. The minimum Gasteiger partial charge on any atom is -0.352 e. The Bertz CT molecular complexity index is 1060. The molecule has 6 heteroatoms. The largest absolute Gasteiger partial charge is 0.352 e. The number of nitrogens with one attached hydrogen (secondary N) is 1. The Labute approximate surface area is 157 Å². The van der Waals surface area contributed by atoms with Gasteiger partial charge in [0.25, 0.3) is 5.56 Å². The average molecular weight is 360 g/mol. The topological polar surface area (TPSA) is 87.8 Å². The molecule has 0 radical (unpaired) electrons. The van der Waals surface area contributed by atoms with Crippen LogP contribution in [-0.4, -0.2) is 15.5 Å². The van der Waals surface area contributed by atoms with Crippen molar-refractivity contribution in [3.8, 4) is 6.07 Å². The van der Waals surface area contributed by atoms with Crippen LogP contribution in [0.5, 0.6) is 0 Å². The maximum Gasteiger partial charge on any atom is 0.261 e. The highest BCUT2D eigenvalue weighted by atomic mass is 16.1. The number of nitrogens with zero attached hydrogens (tertiary/aromatic N) is 3. The number of amides is 1. The standard InChI is InChI=1S/C21H20N4O2/c1-15-24-19-6-3-2-5-18(19)21(27)25(15)12-4-7-20(26)23-14-17-10-8-16(13-22)9-11-17/h2-3,5-6,8-11H,4,7,12,14H2,1H3,(H,23,26). The fourth-order valence-electron chi connectivity index (χ4n) is 2.93. The number of hydrogen-bond acceptors (Lipinski definition) is 4. The molecular formula is C21H20N4O2. The highest BCUT2D eigenvalue weighted by Gasteiger charge is 2.08. The second-order valence-electron chi connectivity index (χ2n) is 6.32. The zero-order valence-corrected chi connectivity index (χ0v) is 15.1. The molecule has 0 saturated heterocycles. The van der Waals surface area contributed by atoms with Gasteiger partial charge >= 0.3 is 0 Å². The van der Waals surface area contributed by atoms with E-state index in [0.717, 1.165) is 5.56 Å². The molecule has 3 aromatic rings. The fraction of sp³-hybridized carbons (Fsp3) is 0.238. The van der Waals surface area contributed by atoms with Crippen molar-refractivity contribution >= 4 is 16.8 Å². The van der Waals surface area contributed by atoms with E-state index in [-0.39, 0.29) is 11.5 Å². The van der Waals surface area contributed by atoms with Crippen LogP contribution in [0.2, 0.25) is 0 Å². The molecule has 0 fully saturated rings. The minimum atomic E-state index is -0.0731. The van der Waals surface area contributed by atoms with Crippen molar-refractivity contribution < 1.29 is 4.79 Å². The lowest BCUT2D eigenvalue weighted by atomic mass is 10.1. The van der Waals surface area contributed by atoms with Gasteiger partial charge in [-0.3, -0.25) is 14.2 Å². The molecule has 136 valence electrons. The van der Waals surface area contributed by atoms with Crippen LogP contribution >= 0.6 is 0 Å². The number of rotatable bonds is 6. The van der Waals surface area contributed by atoms with Crippen molar-refractivity contribution in [3.63, 3.8) is 0 Å². The van der Waals surface area contributed by atoms with Gasteiger partial charge in [0.1, 0.15) is 5.82 Å². The predicted molar refractivity (Wildman–Crippen MR) is 103 cm³/mol. The first-order chi connectivity index (χ1) is 13.1. The van der Waals surface area contributed by atoms with Crippen LogP contribution in [0.25, 0.3) is 10.9 Å². The quantitative estimate of drug-likeness (QED) is 0.732. The Morgan fingerprint density at radius 2 is 1.93 bits per heavy atom. The number of aryl methyl sites for hydroxylation is 1. The van der Waals surface area contributed by atoms with Crippen LogP contribution in [-0.2, 0) is 17.9 Å². The van der Waals surface area contributed by atoms with E-state index in [2.05, 4.69) is 16.4 Å². The molecule has 2 aromatic carbocycles. The molecule has 1 amide bonds. The lowest BCUT2D eigenvalue weighted by molar-refractivity contribution is -0.121. The summed E-state index contributed by atoms with van der Waals surface area (Å²) < 4.78 is 1.62. The SMILES string of the molecule is Cc1nc2ccccc2c(=O)n1CCCC(=O)NCc1ccc(C#N)cc1. The van der Waals surface area contributed by atoms with E-state index < -0.39 is 0 Å². The fourth-order valence-corrected chi connectivity index (χ4v) is 2.93. The molecule has 0 atom stereocenters. The molecule has 1 N–H and O–H groups in total. The zero-order valence-electron chi connectivity index (χ0n) is 15.1. The average Bonchev–Trinajstić information content (AvgIpc) is 2.69. The summed E-state index contributed by atoms with van der Waals surface area (Å²) in [6.07, 6.45) is 0.884. The first-order valence-corrected chi connectivity index (χ1v) is 8.80. The van der Waals surface area contributed by atoms with Crippen LogP contribution in [0.1, 0.15) is 29.8 Å². The van der Waals surface area contributed by atoms with Crippen LogP contribution in [0.15, 0.2) is 53.3 Å². The van der Waals surface area contributed by atoms with Crippen molar-refractivity contribution in [1.29, 1.82) is 5.26 Å². The number of carbonyl (C=O) groups is 1. The molecule has 6 nitrogen and oxygen atoms in total. The van der Waals surface area contributed by atoms with Gasteiger partial charge in [0.15, 0.2) is 0 Å². The smallest absolute Gasteiger partial charge is 0.261 e. The van der Waals surface area contributed by atoms with E-state index in [1.165, 1.54) is 0 Å². The van der Waals surface area contributed by atoms with Crippen LogP contribution in [0, 0.1) is 18.3 Å². The molecule has 1 aromatic heterocycles. The summed E-state index contributed by atoms with van der Waals surface area (Å²) in [7, 11) is 0. The van der Waals surface area contributed by atoms with Crippen LogP contribution < -0.4 is 10.9 Å². The molecule has 0 aliphatic heterocycles. The van der Waals surface area contributed by atoms with Gasteiger partial charge in [-0.2, -0.15) is 5.26 Å². The number of hydrogen-bond donors (Lipinski definition) is 1. The molecule has 0 unspecified atom stereocenters. The van der Waals surface area contributed by atoms with Gasteiger partial charge in [-0.15, -0.1) is 0 Å². The van der Waals surface area contributed by atoms with E-state index in [0.29, 0.717) is 48.2 Å². The van der Waals surface area contributed by atoms with Crippen molar-refractivity contribution in [2.45, 2.75) is 32.9 Å². The molecular weight excluding hydrogens is 340 g/mol. The molecule has 27 heavy (non-hydrogen) atoms. The number of nitriles is 1. The first-order valence-electron chi connectivity index (χ1n) is 8.80. The van der Waals surface area contributed by atoms with E-state index in [4.69, 9.17) is 5.26 Å². The number of para-hydroxylation sites is 1. The van der Waals surface area contributed by atoms with Gasteiger partial charge in [0.05, 0.1) is 22.5 Å². The number of benzene rings is 2. The summed E-state index contributed by atoms with van der Waals surface area (Å²) in [5.41, 5.74) is 2.15. The summed E-state index contributed by atoms with van der Waals surface area (Å²) in [5.74, 6) is 0.579. The van der Waals surface area contributed by atoms with Gasteiger partial charge < -0.3 is 5.32 Å². The summed E-state index contributed by atoms with van der Waals surface area (Å²) in [6, 6.07) is 16.4. The van der Waals surface area contributed by atoms with Crippen molar-refractivity contribution in [3.05, 3.63) is 75.8 Å². The van der Waals surface area contributed by atoms with Crippen molar-refractivity contribution in [2.75, 3.05) is 0 Å². The van der Waals surface area contributed by atoms with Crippen LogP contribution in [0.3, 0.4) is 0 Å². The van der Waals surface area contributed by atoms with Gasteiger partial charge in [-0.1, -0.05) is 24.3 Å². The molecule has 0 aliphatic rings. The zero-order chi connectivity index (χ0) is 19.2. The Balaban J connectivity index is 1.55. The van der Waals surface area contributed by atoms with Gasteiger partial charge in [0, 0.05) is 19.5 Å². The third-order valence-corrected chi connectivity index (χ3v) is 4.41. The molecule has 0 spiro atoms. The third kappa shape index (κ3) is 4.39.